The summed E-state index contributed by atoms with van der Waals surface area (Å²) in [6, 6.07) is 1.30. The van der Waals surface area contributed by atoms with Crippen LogP contribution in [0.15, 0.2) is 29.7 Å². The van der Waals surface area contributed by atoms with E-state index in [4.69, 9.17) is 5.14 Å². The summed E-state index contributed by atoms with van der Waals surface area (Å²) >= 11 is 0. The maximum absolute atomic E-state index is 11.4. The molecule has 1 rings (SSSR count). The minimum Gasteiger partial charge on any atom is -0.392 e. The number of benzene rings is 1. The topological polar surface area (TPSA) is 170 Å². The van der Waals surface area contributed by atoms with Crippen molar-refractivity contribution in [2.24, 2.45) is 5.14 Å². The molecular weight excluding hydrogens is 344 g/mol. The maximum Gasteiger partial charge on any atom is 0.301 e. The fraction of sp³-hybridized carbons (Fsp3) is 0.333. The number of nitro groups is 2. The molecule has 0 aliphatic carbocycles. The minimum atomic E-state index is -4.39. The highest BCUT2D eigenvalue weighted by Gasteiger charge is 2.33. The Morgan fingerprint density at radius 3 is 2.08 bits per heavy atom. The van der Waals surface area contributed by atoms with Gasteiger partial charge in [0.1, 0.15) is 0 Å². The van der Waals surface area contributed by atoms with Gasteiger partial charge in [0.2, 0.25) is 10.0 Å². The van der Waals surface area contributed by atoms with Gasteiger partial charge in [0.15, 0.2) is 5.69 Å². The van der Waals surface area contributed by atoms with Crippen LogP contribution in [0.4, 0.5) is 17.1 Å². The van der Waals surface area contributed by atoms with Gasteiger partial charge >= 0.3 is 11.4 Å². The molecule has 1 unspecified atom stereocenters. The summed E-state index contributed by atoms with van der Waals surface area (Å²) in [6.45, 7) is 4.65. The molecule has 0 saturated heterocycles. The number of rotatable bonds is 8. The minimum absolute atomic E-state index is 0.0404. The highest BCUT2D eigenvalue weighted by Crippen LogP contribution is 2.39. The van der Waals surface area contributed by atoms with Gasteiger partial charge in [-0.1, -0.05) is 6.08 Å². The Balaban J connectivity index is 3.81. The summed E-state index contributed by atoms with van der Waals surface area (Å²) in [5.74, 6) is 0. The molecule has 1 atom stereocenters. The highest BCUT2D eigenvalue weighted by atomic mass is 32.2. The summed E-state index contributed by atoms with van der Waals surface area (Å²) in [6.07, 6.45) is 0.380. The SMILES string of the molecule is C=CCN(CC(C)O)c1c([N+](=O)[O-])cc(S(N)(=O)=O)cc1[N+](=O)[O-]. The quantitative estimate of drug-likeness (QED) is 0.384. The fourth-order valence-corrected chi connectivity index (χ4v) is 2.63. The zero-order valence-electron chi connectivity index (χ0n) is 12.7. The first-order valence-corrected chi connectivity index (χ1v) is 8.07. The standard InChI is InChI=1S/C12H16N4O7S/c1-3-4-14(7-8(2)17)12-10(15(18)19)5-9(24(13,22)23)6-11(12)16(20)21/h3,5-6,8,17H,1,4,7H2,2H3,(H2,13,22,23). The van der Waals surface area contributed by atoms with Crippen LogP contribution < -0.4 is 10.0 Å². The van der Waals surface area contributed by atoms with Gasteiger partial charge in [0.25, 0.3) is 0 Å². The number of aliphatic hydroxyl groups excluding tert-OH is 1. The number of hydrogen-bond donors (Lipinski definition) is 2. The van der Waals surface area contributed by atoms with Gasteiger partial charge in [-0.2, -0.15) is 0 Å². The van der Waals surface area contributed by atoms with E-state index in [1.165, 1.54) is 17.9 Å². The van der Waals surface area contributed by atoms with Crippen LogP contribution in [-0.2, 0) is 10.0 Å². The molecule has 0 aromatic heterocycles. The average Bonchev–Trinajstić information content (AvgIpc) is 2.43. The molecule has 12 heteroatoms. The van der Waals surface area contributed by atoms with Crippen molar-refractivity contribution in [3.63, 3.8) is 0 Å². The van der Waals surface area contributed by atoms with Gasteiger partial charge in [0.05, 0.1) is 20.8 Å². The third kappa shape index (κ3) is 4.47. The van der Waals surface area contributed by atoms with Crippen LogP contribution in [0.5, 0.6) is 0 Å². The van der Waals surface area contributed by atoms with E-state index >= 15 is 0 Å². The van der Waals surface area contributed by atoms with Crippen molar-refractivity contribution in [1.29, 1.82) is 0 Å². The maximum atomic E-state index is 11.4. The molecule has 1 aromatic carbocycles. The first-order valence-electron chi connectivity index (χ1n) is 6.52. The van der Waals surface area contributed by atoms with E-state index < -0.39 is 47.9 Å². The predicted octanol–water partition coefficient (Wildman–Crippen LogP) is 0.524. The second kappa shape index (κ2) is 7.33. The average molecular weight is 360 g/mol. The Bertz CT molecular complexity index is 741. The molecule has 132 valence electrons. The number of anilines is 1. The lowest BCUT2D eigenvalue weighted by Crippen LogP contribution is -2.32. The molecule has 0 heterocycles. The van der Waals surface area contributed by atoms with E-state index in [0.29, 0.717) is 12.1 Å². The lowest BCUT2D eigenvalue weighted by atomic mass is 10.2. The van der Waals surface area contributed by atoms with Crippen LogP contribution >= 0.6 is 0 Å². The van der Waals surface area contributed by atoms with E-state index in [-0.39, 0.29) is 13.1 Å². The van der Waals surface area contributed by atoms with Crippen molar-refractivity contribution in [3.05, 3.63) is 45.0 Å². The van der Waals surface area contributed by atoms with Crippen molar-refractivity contribution in [1.82, 2.24) is 0 Å². The first-order chi connectivity index (χ1) is 11.0. The number of nitrogens with zero attached hydrogens (tertiary/aromatic N) is 3. The summed E-state index contributed by atoms with van der Waals surface area (Å²) in [5.41, 5.74) is -2.05. The second-order valence-electron chi connectivity index (χ2n) is 4.91. The van der Waals surface area contributed by atoms with E-state index in [1.807, 2.05) is 0 Å². The molecule has 0 aliphatic heterocycles. The lowest BCUT2D eigenvalue weighted by Gasteiger charge is -2.24. The number of aliphatic hydroxyl groups is 1. The molecular formula is C12H16N4O7S. The third-order valence-electron chi connectivity index (χ3n) is 2.92. The molecule has 3 N–H and O–H groups in total. The molecule has 0 radical (unpaired) electrons. The van der Waals surface area contributed by atoms with Crippen LogP contribution in [-0.4, -0.2) is 42.6 Å². The molecule has 24 heavy (non-hydrogen) atoms. The fourth-order valence-electron chi connectivity index (χ4n) is 2.08. The lowest BCUT2D eigenvalue weighted by molar-refractivity contribution is -0.393. The predicted molar refractivity (Wildman–Crippen MR) is 85.2 cm³/mol. The van der Waals surface area contributed by atoms with Gasteiger partial charge in [-0.05, 0) is 6.92 Å². The van der Waals surface area contributed by atoms with Crippen LogP contribution in [0.2, 0.25) is 0 Å². The molecule has 0 spiro atoms. The number of primary sulfonamides is 1. The van der Waals surface area contributed by atoms with Gasteiger partial charge in [-0.3, -0.25) is 20.2 Å². The van der Waals surface area contributed by atoms with E-state index in [2.05, 4.69) is 6.58 Å². The molecule has 0 amide bonds. The molecule has 0 aliphatic rings. The number of sulfonamides is 1. The summed E-state index contributed by atoms with van der Waals surface area (Å²) in [7, 11) is -4.39. The van der Waals surface area contributed by atoms with Crippen LogP contribution in [0.1, 0.15) is 6.92 Å². The third-order valence-corrected chi connectivity index (χ3v) is 3.81. The van der Waals surface area contributed by atoms with Crippen LogP contribution in [0.3, 0.4) is 0 Å². The van der Waals surface area contributed by atoms with Crippen LogP contribution in [0, 0.1) is 20.2 Å². The van der Waals surface area contributed by atoms with Crippen LogP contribution in [0.25, 0.3) is 0 Å². The molecule has 0 fully saturated rings. The van der Waals surface area contributed by atoms with E-state index in [1.54, 1.807) is 0 Å². The molecule has 1 aromatic rings. The summed E-state index contributed by atoms with van der Waals surface area (Å²) < 4.78 is 22.9. The van der Waals surface area contributed by atoms with Crippen molar-refractivity contribution in [2.75, 3.05) is 18.0 Å². The monoisotopic (exact) mass is 360 g/mol. The van der Waals surface area contributed by atoms with Gasteiger partial charge < -0.3 is 10.0 Å². The molecule has 11 nitrogen and oxygen atoms in total. The largest absolute Gasteiger partial charge is 0.392 e. The van der Waals surface area contributed by atoms with Crippen molar-refractivity contribution >= 4 is 27.1 Å². The molecule has 0 bridgehead atoms. The zero-order valence-corrected chi connectivity index (χ0v) is 13.5. The van der Waals surface area contributed by atoms with Crippen molar-refractivity contribution in [3.8, 4) is 0 Å². The summed E-state index contributed by atoms with van der Waals surface area (Å²) in [4.78, 5) is 21.1. The Morgan fingerprint density at radius 1 is 1.33 bits per heavy atom. The smallest absolute Gasteiger partial charge is 0.301 e. The number of nitrogens with two attached hydrogens (primary N) is 1. The first kappa shape index (κ1) is 19.5. The Labute approximate surface area is 137 Å². The van der Waals surface area contributed by atoms with Crippen molar-refractivity contribution in [2.45, 2.75) is 17.9 Å². The zero-order chi connectivity index (χ0) is 18.7. The summed E-state index contributed by atoms with van der Waals surface area (Å²) in [5, 5.41) is 37.0. The normalized spacial score (nSPS) is 12.5. The Hall–Kier alpha value is -2.57. The van der Waals surface area contributed by atoms with E-state index in [9.17, 15) is 33.8 Å². The highest BCUT2D eigenvalue weighted by molar-refractivity contribution is 7.89. The van der Waals surface area contributed by atoms with Gasteiger partial charge in [0, 0.05) is 25.2 Å². The van der Waals surface area contributed by atoms with Crippen molar-refractivity contribution < 1.29 is 23.4 Å². The van der Waals surface area contributed by atoms with E-state index in [0.717, 1.165) is 0 Å². The second-order valence-corrected chi connectivity index (χ2v) is 6.47. The van der Waals surface area contributed by atoms with Gasteiger partial charge in [-0.25, -0.2) is 13.6 Å². The molecule has 0 saturated carbocycles. The Morgan fingerprint density at radius 2 is 1.79 bits per heavy atom. The Kier molecular flexibility index (Phi) is 5.95. The number of hydrogen-bond acceptors (Lipinski definition) is 8. The number of nitro benzene ring substituents is 2. The van der Waals surface area contributed by atoms with Gasteiger partial charge in [-0.15, -0.1) is 6.58 Å².